The summed E-state index contributed by atoms with van der Waals surface area (Å²) in [6, 6.07) is 27.4. The van der Waals surface area contributed by atoms with Gasteiger partial charge < -0.3 is 15.2 Å². The van der Waals surface area contributed by atoms with Gasteiger partial charge in [0.2, 0.25) is 0 Å². The molecule has 3 aromatic carbocycles. The van der Waals surface area contributed by atoms with Crippen molar-refractivity contribution in [1.29, 1.82) is 0 Å². The molecule has 0 aliphatic heterocycles. The highest BCUT2D eigenvalue weighted by Gasteiger charge is 2.23. The summed E-state index contributed by atoms with van der Waals surface area (Å²) in [5.74, 6) is 0.160. The Morgan fingerprint density at radius 1 is 0.829 bits per heavy atom. The third-order valence-corrected chi connectivity index (χ3v) is 5.79. The number of rotatable bonds is 6. The number of imidazole rings is 1. The van der Waals surface area contributed by atoms with E-state index in [-0.39, 0.29) is 11.8 Å². The molecule has 5 rings (SSSR count). The zero-order valence-electron chi connectivity index (χ0n) is 19.1. The molecule has 35 heavy (non-hydrogen) atoms. The first-order valence-corrected chi connectivity index (χ1v) is 11.2. The fourth-order valence-corrected chi connectivity index (χ4v) is 4.02. The van der Waals surface area contributed by atoms with E-state index in [9.17, 15) is 9.59 Å². The average Bonchev–Trinajstić information content (AvgIpc) is 3.24. The molecule has 0 spiro atoms. The molecular weight excluding hydrogens is 438 g/mol. The average molecular weight is 462 g/mol. The van der Waals surface area contributed by atoms with Gasteiger partial charge in [0.25, 0.3) is 11.8 Å². The van der Waals surface area contributed by atoms with E-state index >= 15 is 0 Å². The summed E-state index contributed by atoms with van der Waals surface area (Å²) < 4.78 is 2.00. The number of carbonyl (C=O) groups is 2. The largest absolute Gasteiger partial charge is 0.338 e. The van der Waals surface area contributed by atoms with Crippen molar-refractivity contribution in [3.05, 3.63) is 126 Å². The summed E-state index contributed by atoms with van der Waals surface area (Å²) in [4.78, 5) is 34.7. The summed E-state index contributed by atoms with van der Waals surface area (Å²) in [5, 5.41) is 5.96. The molecular formula is C28H23N5O2. The number of benzene rings is 3. The summed E-state index contributed by atoms with van der Waals surface area (Å²) in [7, 11) is 1.95. The van der Waals surface area contributed by atoms with Crippen LogP contribution in [0.2, 0.25) is 0 Å². The molecule has 0 aliphatic carbocycles. The van der Waals surface area contributed by atoms with Crippen molar-refractivity contribution in [2.24, 2.45) is 7.05 Å². The predicted octanol–water partition coefficient (Wildman–Crippen LogP) is 4.74. The van der Waals surface area contributed by atoms with Crippen molar-refractivity contribution in [2.75, 3.05) is 5.32 Å². The Balaban J connectivity index is 1.43. The lowest BCUT2D eigenvalue weighted by Crippen LogP contribution is -2.31. The Kier molecular flexibility index (Phi) is 6.05. The second-order valence-corrected chi connectivity index (χ2v) is 8.11. The molecule has 2 N–H and O–H groups in total. The van der Waals surface area contributed by atoms with Crippen molar-refractivity contribution in [3.8, 4) is 0 Å². The molecule has 0 aliphatic rings. The first-order chi connectivity index (χ1) is 17.1. The maximum Gasteiger partial charge on any atom is 0.257 e. The van der Waals surface area contributed by atoms with E-state index in [1.165, 1.54) is 6.20 Å². The fraction of sp³-hybridized carbons (Fsp3) is 0.0714. The number of pyridine rings is 1. The van der Waals surface area contributed by atoms with Gasteiger partial charge in [-0.3, -0.25) is 14.6 Å². The lowest BCUT2D eigenvalue weighted by atomic mass is 10.1. The van der Waals surface area contributed by atoms with Gasteiger partial charge in [0.05, 0.1) is 16.6 Å². The minimum absolute atomic E-state index is 0.275. The van der Waals surface area contributed by atoms with Crippen molar-refractivity contribution in [1.82, 2.24) is 19.9 Å². The maximum atomic E-state index is 13.4. The van der Waals surface area contributed by atoms with Gasteiger partial charge in [-0.25, -0.2) is 4.98 Å². The minimum atomic E-state index is -0.463. The molecule has 0 fully saturated rings. The van der Waals surface area contributed by atoms with E-state index < -0.39 is 6.04 Å². The third kappa shape index (κ3) is 4.65. The molecule has 0 bridgehead atoms. The number of amides is 2. The van der Waals surface area contributed by atoms with Crippen LogP contribution in [0.1, 0.15) is 38.1 Å². The highest BCUT2D eigenvalue weighted by Crippen LogP contribution is 2.25. The van der Waals surface area contributed by atoms with Gasteiger partial charge in [-0.2, -0.15) is 0 Å². The van der Waals surface area contributed by atoms with Crippen LogP contribution in [0.5, 0.6) is 0 Å². The van der Waals surface area contributed by atoms with Gasteiger partial charge in [0.1, 0.15) is 11.9 Å². The smallest absolute Gasteiger partial charge is 0.257 e. The molecule has 7 heteroatoms. The van der Waals surface area contributed by atoms with E-state index in [1.54, 1.807) is 42.6 Å². The van der Waals surface area contributed by atoms with E-state index in [1.807, 2.05) is 66.2 Å². The lowest BCUT2D eigenvalue weighted by Gasteiger charge is -2.19. The molecule has 2 heterocycles. The SMILES string of the molecule is Cn1c(C(NC(=O)c2cccc(NC(=O)c3cccnc3)c2)c2ccccc2)nc2ccccc21. The third-order valence-electron chi connectivity index (χ3n) is 5.79. The number of nitrogens with zero attached hydrogens (tertiary/aromatic N) is 3. The van der Waals surface area contributed by atoms with Gasteiger partial charge in [-0.1, -0.05) is 48.5 Å². The van der Waals surface area contributed by atoms with Crippen LogP contribution >= 0.6 is 0 Å². The van der Waals surface area contributed by atoms with Gasteiger partial charge in [-0.15, -0.1) is 0 Å². The number of anilines is 1. The zero-order chi connectivity index (χ0) is 24.2. The van der Waals surface area contributed by atoms with Crippen molar-refractivity contribution >= 4 is 28.5 Å². The van der Waals surface area contributed by atoms with Crippen LogP contribution in [0.15, 0.2) is 103 Å². The quantitative estimate of drug-likeness (QED) is 0.382. The van der Waals surface area contributed by atoms with E-state index in [0.717, 1.165) is 22.4 Å². The second kappa shape index (κ2) is 9.61. The Morgan fingerprint density at radius 2 is 1.60 bits per heavy atom. The molecule has 0 saturated carbocycles. The number of para-hydroxylation sites is 2. The molecule has 7 nitrogen and oxygen atoms in total. The van der Waals surface area contributed by atoms with Crippen LogP contribution in [0.4, 0.5) is 5.69 Å². The molecule has 0 saturated heterocycles. The summed E-state index contributed by atoms with van der Waals surface area (Å²) in [6.07, 6.45) is 3.10. The summed E-state index contributed by atoms with van der Waals surface area (Å²) >= 11 is 0. The molecule has 0 radical (unpaired) electrons. The summed E-state index contributed by atoms with van der Waals surface area (Å²) in [6.45, 7) is 0. The fourth-order valence-electron chi connectivity index (χ4n) is 4.02. The van der Waals surface area contributed by atoms with Gasteiger partial charge >= 0.3 is 0 Å². The predicted molar refractivity (Wildman–Crippen MR) is 135 cm³/mol. The van der Waals surface area contributed by atoms with E-state index in [2.05, 4.69) is 15.6 Å². The number of aromatic nitrogens is 3. The minimum Gasteiger partial charge on any atom is -0.338 e. The molecule has 5 aromatic rings. The monoisotopic (exact) mass is 461 g/mol. The number of carbonyl (C=O) groups excluding carboxylic acids is 2. The van der Waals surface area contributed by atoms with E-state index in [4.69, 9.17) is 4.98 Å². The number of hydrogen-bond acceptors (Lipinski definition) is 4. The zero-order valence-corrected chi connectivity index (χ0v) is 19.1. The highest BCUT2D eigenvalue weighted by molar-refractivity contribution is 6.05. The standard InChI is InChI=1S/C28H23N5O2/c1-33-24-15-6-5-14-23(24)31-26(33)25(19-9-3-2-4-10-19)32-27(34)20-11-7-13-22(17-20)30-28(35)21-12-8-16-29-18-21/h2-18,25H,1H3,(H,30,35)(H,32,34). The second-order valence-electron chi connectivity index (χ2n) is 8.11. The van der Waals surface area contributed by atoms with Crippen LogP contribution in [-0.2, 0) is 7.05 Å². The van der Waals surface area contributed by atoms with Crippen LogP contribution in [0, 0.1) is 0 Å². The summed E-state index contributed by atoms with van der Waals surface area (Å²) in [5.41, 5.74) is 4.14. The van der Waals surface area contributed by atoms with Crippen LogP contribution < -0.4 is 10.6 Å². The van der Waals surface area contributed by atoms with Crippen molar-refractivity contribution < 1.29 is 9.59 Å². The molecule has 172 valence electrons. The van der Waals surface area contributed by atoms with Crippen molar-refractivity contribution in [2.45, 2.75) is 6.04 Å². The molecule has 1 atom stereocenters. The molecule has 2 aromatic heterocycles. The van der Waals surface area contributed by atoms with Crippen LogP contribution in [0.3, 0.4) is 0 Å². The first-order valence-electron chi connectivity index (χ1n) is 11.2. The lowest BCUT2D eigenvalue weighted by molar-refractivity contribution is 0.0940. The Bertz CT molecular complexity index is 1500. The number of hydrogen-bond donors (Lipinski definition) is 2. The highest BCUT2D eigenvalue weighted by atomic mass is 16.2. The Labute approximate surface area is 202 Å². The van der Waals surface area contributed by atoms with E-state index in [0.29, 0.717) is 16.8 Å². The number of aryl methyl sites for hydroxylation is 1. The number of nitrogens with one attached hydrogen (secondary N) is 2. The normalized spacial score (nSPS) is 11.7. The molecule has 1 unspecified atom stereocenters. The first kappa shape index (κ1) is 22.0. The number of fused-ring (bicyclic) bond motifs is 1. The van der Waals surface area contributed by atoms with Gasteiger partial charge in [0.15, 0.2) is 0 Å². The topological polar surface area (TPSA) is 88.9 Å². The van der Waals surface area contributed by atoms with Gasteiger partial charge in [0, 0.05) is 30.7 Å². The van der Waals surface area contributed by atoms with Crippen LogP contribution in [-0.4, -0.2) is 26.3 Å². The Morgan fingerprint density at radius 3 is 2.37 bits per heavy atom. The van der Waals surface area contributed by atoms with Crippen LogP contribution in [0.25, 0.3) is 11.0 Å². The van der Waals surface area contributed by atoms with Gasteiger partial charge in [-0.05, 0) is 48.0 Å². The van der Waals surface area contributed by atoms with Crippen molar-refractivity contribution in [3.63, 3.8) is 0 Å². The molecule has 2 amide bonds. The Hall–Kier alpha value is -4.78. The maximum absolute atomic E-state index is 13.4.